The lowest BCUT2D eigenvalue weighted by atomic mass is 10.3. The van der Waals surface area contributed by atoms with Crippen molar-refractivity contribution in [3.8, 4) is 0 Å². The van der Waals surface area contributed by atoms with E-state index in [-0.39, 0.29) is 6.54 Å². The Bertz CT molecular complexity index is 191. The van der Waals surface area contributed by atoms with Crippen molar-refractivity contribution in [1.29, 1.82) is 0 Å². The van der Waals surface area contributed by atoms with E-state index in [0.717, 1.165) is 0 Å². The monoisotopic (exact) mass is 170 g/mol. The van der Waals surface area contributed by atoms with Crippen molar-refractivity contribution in [3.63, 3.8) is 0 Å². The zero-order valence-corrected chi connectivity index (χ0v) is 6.45. The largest absolute Gasteiger partial charge is 0.347 e. The zero-order chi connectivity index (χ0) is 9.40. The third-order valence-corrected chi connectivity index (χ3v) is 1.13. The lowest BCUT2D eigenvalue weighted by Gasteiger charge is -2.09. The maximum atomic E-state index is 11.0. The Kier molecular flexibility index (Phi) is 5.25. The minimum absolute atomic E-state index is 0.0658. The molecule has 66 valence electrons. The fourth-order valence-electron chi connectivity index (χ4n) is 0.576. The maximum absolute atomic E-state index is 11.0. The summed E-state index contributed by atoms with van der Waals surface area (Å²) >= 11 is 0. The molecular formula is C7H10N2O3. The van der Waals surface area contributed by atoms with Gasteiger partial charge in [0.15, 0.2) is 0 Å². The van der Waals surface area contributed by atoms with Crippen molar-refractivity contribution < 1.29 is 14.4 Å². The van der Waals surface area contributed by atoms with Gasteiger partial charge >= 0.3 is 0 Å². The molecule has 0 aromatic heterocycles. The van der Waals surface area contributed by atoms with E-state index < -0.39 is 11.9 Å². The van der Waals surface area contributed by atoms with Crippen LogP contribution in [-0.2, 0) is 14.4 Å². The third-order valence-electron chi connectivity index (χ3n) is 1.13. The molecule has 0 aliphatic heterocycles. The number of hydrogen-bond acceptors (Lipinski definition) is 3. The number of aldehydes is 1. The molecule has 1 atom stereocenters. The first-order valence-electron chi connectivity index (χ1n) is 3.29. The lowest BCUT2D eigenvalue weighted by Crippen LogP contribution is -2.42. The second-order valence-electron chi connectivity index (χ2n) is 1.91. The van der Waals surface area contributed by atoms with Crippen LogP contribution in [0.25, 0.3) is 0 Å². The molecule has 0 rings (SSSR count). The highest BCUT2D eigenvalue weighted by Crippen LogP contribution is 1.82. The third kappa shape index (κ3) is 3.50. The second kappa shape index (κ2) is 6.09. The van der Waals surface area contributed by atoms with Gasteiger partial charge in [-0.1, -0.05) is 6.08 Å². The number of carbonyl (C=O) groups excluding carboxylic acids is 3. The summed E-state index contributed by atoms with van der Waals surface area (Å²) in [7, 11) is 0. The van der Waals surface area contributed by atoms with Gasteiger partial charge in [0, 0.05) is 0 Å². The van der Waals surface area contributed by atoms with Crippen LogP contribution in [0.2, 0.25) is 0 Å². The van der Waals surface area contributed by atoms with Crippen LogP contribution in [0, 0.1) is 0 Å². The van der Waals surface area contributed by atoms with Gasteiger partial charge < -0.3 is 15.4 Å². The number of hydrogen-bond donors (Lipinski definition) is 2. The van der Waals surface area contributed by atoms with Crippen LogP contribution in [0.1, 0.15) is 0 Å². The molecule has 0 saturated heterocycles. The molecule has 5 nitrogen and oxygen atoms in total. The van der Waals surface area contributed by atoms with Crippen molar-refractivity contribution in [3.05, 3.63) is 12.7 Å². The fourth-order valence-corrected chi connectivity index (χ4v) is 0.576. The van der Waals surface area contributed by atoms with Crippen molar-refractivity contribution in [2.24, 2.45) is 0 Å². The SMILES string of the molecule is C=CC(NC=O)C(=O)NCC=O. The zero-order valence-electron chi connectivity index (χ0n) is 6.45. The lowest BCUT2D eigenvalue weighted by molar-refractivity contribution is -0.125. The first kappa shape index (κ1) is 10.3. The van der Waals surface area contributed by atoms with Crippen molar-refractivity contribution >= 4 is 18.6 Å². The summed E-state index contributed by atoms with van der Waals surface area (Å²) in [6, 6.07) is -0.776. The maximum Gasteiger partial charge on any atom is 0.246 e. The number of nitrogens with one attached hydrogen (secondary N) is 2. The van der Waals surface area contributed by atoms with Gasteiger partial charge in [0.1, 0.15) is 12.3 Å². The van der Waals surface area contributed by atoms with Gasteiger partial charge in [0.2, 0.25) is 12.3 Å². The number of carbonyl (C=O) groups is 3. The standard InChI is InChI=1S/C7H10N2O3/c1-2-6(9-5-11)7(12)8-3-4-10/h2,4-6H,1,3H2,(H,8,12)(H,9,11). The van der Waals surface area contributed by atoms with E-state index in [1.807, 2.05) is 0 Å². The summed E-state index contributed by atoms with van der Waals surface area (Å²) in [6.07, 6.45) is 2.22. The van der Waals surface area contributed by atoms with Gasteiger partial charge in [0.25, 0.3) is 0 Å². The minimum atomic E-state index is -0.776. The highest BCUT2D eigenvalue weighted by Gasteiger charge is 2.11. The highest BCUT2D eigenvalue weighted by molar-refractivity contribution is 5.86. The van der Waals surface area contributed by atoms with E-state index >= 15 is 0 Å². The van der Waals surface area contributed by atoms with Gasteiger partial charge in [-0.05, 0) is 0 Å². The Morgan fingerprint density at radius 3 is 2.58 bits per heavy atom. The quantitative estimate of drug-likeness (QED) is 0.380. The Balaban J connectivity index is 3.92. The van der Waals surface area contributed by atoms with Crippen LogP contribution in [0.15, 0.2) is 12.7 Å². The normalized spacial score (nSPS) is 11.0. The Labute approximate surface area is 69.8 Å². The molecule has 12 heavy (non-hydrogen) atoms. The van der Waals surface area contributed by atoms with Gasteiger partial charge in [-0.2, -0.15) is 0 Å². The molecule has 2 N–H and O–H groups in total. The number of amides is 2. The molecule has 0 radical (unpaired) electrons. The van der Waals surface area contributed by atoms with Crippen LogP contribution in [0.4, 0.5) is 0 Å². The molecule has 0 spiro atoms. The van der Waals surface area contributed by atoms with Crippen LogP contribution >= 0.6 is 0 Å². The first-order chi connectivity index (χ1) is 5.76. The Morgan fingerprint density at radius 2 is 2.17 bits per heavy atom. The summed E-state index contributed by atoms with van der Waals surface area (Å²) in [5.74, 6) is -0.454. The second-order valence-corrected chi connectivity index (χ2v) is 1.91. The predicted octanol–water partition coefficient (Wildman–Crippen LogP) is -1.40. The molecule has 0 aliphatic carbocycles. The Hall–Kier alpha value is -1.65. The average molecular weight is 170 g/mol. The van der Waals surface area contributed by atoms with Gasteiger partial charge in [-0.25, -0.2) is 0 Å². The van der Waals surface area contributed by atoms with E-state index in [9.17, 15) is 14.4 Å². The van der Waals surface area contributed by atoms with Gasteiger partial charge in [0.05, 0.1) is 6.54 Å². The van der Waals surface area contributed by atoms with Crippen molar-refractivity contribution in [2.45, 2.75) is 6.04 Å². The fraction of sp³-hybridized carbons (Fsp3) is 0.286. The van der Waals surface area contributed by atoms with Crippen LogP contribution in [-0.4, -0.2) is 31.2 Å². The predicted molar refractivity (Wildman–Crippen MR) is 42.3 cm³/mol. The summed E-state index contributed by atoms with van der Waals surface area (Å²) in [6.45, 7) is 3.27. The first-order valence-corrected chi connectivity index (χ1v) is 3.29. The summed E-state index contributed by atoms with van der Waals surface area (Å²) in [4.78, 5) is 30.8. The van der Waals surface area contributed by atoms with Crippen molar-refractivity contribution in [2.75, 3.05) is 6.54 Å². The van der Waals surface area contributed by atoms with Crippen LogP contribution in [0.5, 0.6) is 0 Å². The molecule has 0 aromatic rings. The smallest absolute Gasteiger partial charge is 0.246 e. The molecule has 0 aliphatic rings. The molecular weight excluding hydrogens is 160 g/mol. The summed E-state index contributed by atoms with van der Waals surface area (Å²) in [5.41, 5.74) is 0. The average Bonchev–Trinajstić information content (AvgIpc) is 2.10. The Morgan fingerprint density at radius 1 is 1.50 bits per heavy atom. The minimum Gasteiger partial charge on any atom is -0.347 e. The molecule has 1 unspecified atom stereocenters. The van der Waals surface area contributed by atoms with E-state index in [0.29, 0.717) is 12.7 Å². The molecule has 5 heteroatoms. The van der Waals surface area contributed by atoms with E-state index in [4.69, 9.17) is 0 Å². The molecule has 0 aromatic carbocycles. The number of rotatable bonds is 6. The molecule has 0 fully saturated rings. The van der Waals surface area contributed by atoms with Crippen LogP contribution < -0.4 is 10.6 Å². The summed E-state index contributed by atoms with van der Waals surface area (Å²) in [5, 5.41) is 4.48. The highest BCUT2D eigenvalue weighted by atomic mass is 16.2. The van der Waals surface area contributed by atoms with E-state index in [2.05, 4.69) is 17.2 Å². The van der Waals surface area contributed by atoms with E-state index in [1.165, 1.54) is 6.08 Å². The molecule has 2 amide bonds. The molecule has 0 bridgehead atoms. The molecule has 0 heterocycles. The van der Waals surface area contributed by atoms with Gasteiger partial charge in [-0.3, -0.25) is 9.59 Å². The topological polar surface area (TPSA) is 75.3 Å². The van der Waals surface area contributed by atoms with Gasteiger partial charge in [-0.15, -0.1) is 6.58 Å². The van der Waals surface area contributed by atoms with Crippen molar-refractivity contribution in [1.82, 2.24) is 10.6 Å². The molecule has 0 saturated carbocycles. The summed E-state index contributed by atoms with van der Waals surface area (Å²) < 4.78 is 0. The van der Waals surface area contributed by atoms with Crippen LogP contribution in [0.3, 0.4) is 0 Å². The van der Waals surface area contributed by atoms with E-state index in [1.54, 1.807) is 0 Å².